The van der Waals surface area contributed by atoms with Crippen LogP contribution in [-0.2, 0) is 0 Å². The lowest BCUT2D eigenvalue weighted by Crippen LogP contribution is -2.14. The van der Waals surface area contributed by atoms with Crippen LogP contribution in [0.3, 0.4) is 0 Å². The zero-order chi connectivity index (χ0) is 7.84. The Morgan fingerprint density at radius 3 is 3.09 bits per heavy atom. The van der Waals surface area contributed by atoms with Gasteiger partial charge in [-0.3, -0.25) is 0 Å². The van der Waals surface area contributed by atoms with E-state index in [1.807, 2.05) is 6.08 Å². The van der Waals surface area contributed by atoms with Gasteiger partial charge in [0, 0.05) is 4.83 Å². The molecule has 3 unspecified atom stereocenters. The van der Waals surface area contributed by atoms with E-state index in [9.17, 15) is 5.11 Å². The molecule has 0 heterocycles. The van der Waals surface area contributed by atoms with Crippen molar-refractivity contribution in [1.29, 1.82) is 0 Å². The summed E-state index contributed by atoms with van der Waals surface area (Å²) in [5, 5.41) is 9.64. The van der Waals surface area contributed by atoms with Gasteiger partial charge < -0.3 is 5.11 Å². The third-order valence-corrected chi connectivity index (χ3v) is 3.39. The zero-order valence-corrected chi connectivity index (χ0v) is 7.79. The fraction of sp³-hybridized carbons (Fsp3) is 0.556. The summed E-state index contributed by atoms with van der Waals surface area (Å²) in [6.45, 7) is 0. The minimum absolute atomic E-state index is 0.245. The van der Waals surface area contributed by atoms with E-state index in [-0.39, 0.29) is 10.9 Å². The first kappa shape index (κ1) is 7.56. The van der Waals surface area contributed by atoms with E-state index in [4.69, 9.17) is 0 Å². The minimum atomic E-state index is -0.245. The average molecular weight is 215 g/mol. The number of hydrogen-bond donors (Lipinski definition) is 1. The van der Waals surface area contributed by atoms with Crippen molar-refractivity contribution in [3.8, 4) is 0 Å². The molecule has 0 bridgehead atoms. The predicted octanol–water partition coefficient (Wildman–Crippen LogP) is 2.02. The van der Waals surface area contributed by atoms with Crippen LogP contribution >= 0.6 is 15.9 Å². The Morgan fingerprint density at radius 1 is 1.55 bits per heavy atom. The molecule has 0 saturated heterocycles. The highest BCUT2D eigenvalue weighted by molar-refractivity contribution is 9.09. The Bertz CT molecular complexity index is 216. The Balaban J connectivity index is 2.25. The molecule has 0 aromatic rings. The van der Waals surface area contributed by atoms with Gasteiger partial charge in [-0.25, -0.2) is 0 Å². The van der Waals surface area contributed by atoms with Crippen molar-refractivity contribution in [2.45, 2.75) is 23.8 Å². The van der Waals surface area contributed by atoms with E-state index in [1.165, 1.54) is 5.57 Å². The maximum Gasteiger partial charge on any atom is 0.0881 e. The van der Waals surface area contributed by atoms with E-state index in [0.717, 1.165) is 12.8 Å². The predicted molar refractivity (Wildman–Crippen MR) is 48.7 cm³/mol. The number of allylic oxidation sites excluding steroid dienone is 3. The Hall–Kier alpha value is -0.0800. The number of aliphatic hydroxyl groups excluding tert-OH is 1. The van der Waals surface area contributed by atoms with Gasteiger partial charge in [-0.15, -0.1) is 0 Å². The van der Waals surface area contributed by atoms with Crippen LogP contribution in [0.2, 0.25) is 0 Å². The third kappa shape index (κ3) is 1.18. The molecule has 60 valence electrons. The van der Waals surface area contributed by atoms with Crippen LogP contribution in [0, 0.1) is 5.92 Å². The molecule has 0 spiro atoms. The molecule has 11 heavy (non-hydrogen) atoms. The number of alkyl halides is 1. The topological polar surface area (TPSA) is 20.2 Å². The van der Waals surface area contributed by atoms with Crippen molar-refractivity contribution in [3.63, 3.8) is 0 Å². The minimum Gasteiger partial charge on any atom is -0.388 e. The molecule has 2 heteroatoms. The van der Waals surface area contributed by atoms with Gasteiger partial charge in [-0.2, -0.15) is 0 Å². The molecule has 2 aliphatic rings. The summed E-state index contributed by atoms with van der Waals surface area (Å²) in [7, 11) is 0. The van der Waals surface area contributed by atoms with Crippen molar-refractivity contribution < 1.29 is 5.11 Å². The summed E-state index contributed by atoms with van der Waals surface area (Å²) in [6, 6.07) is 0. The van der Waals surface area contributed by atoms with Crippen LogP contribution in [0.1, 0.15) is 12.8 Å². The van der Waals surface area contributed by atoms with Gasteiger partial charge in [0.2, 0.25) is 0 Å². The Kier molecular flexibility index (Phi) is 1.90. The molecule has 0 amide bonds. The first-order chi connectivity index (χ1) is 5.29. The molecular weight excluding hydrogens is 204 g/mol. The lowest BCUT2D eigenvalue weighted by molar-refractivity contribution is 0.224. The standard InChI is InChI=1S/C9H11BrO/c10-8-5-6-3-1-2-4-7(6)9(8)11/h1-2,4,6,8-9,11H,3,5H2. The first-order valence-electron chi connectivity index (χ1n) is 3.98. The van der Waals surface area contributed by atoms with E-state index in [1.54, 1.807) is 0 Å². The largest absolute Gasteiger partial charge is 0.388 e. The molecule has 0 radical (unpaired) electrons. The fourth-order valence-electron chi connectivity index (χ4n) is 1.88. The number of aliphatic hydroxyl groups is 1. The molecular formula is C9H11BrO. The summed E-state index contributed by atoms with van der Waals surface area (Å²) in [6.07, 6.45) is 8.21. The maximum atomic E-state index is 9.64. The summed E-state index contributed by atoms with van der Waals surface area (Å²) in [5.41, 5.74) is 1.22. The van der Waals surface area contributed by atoms with E-state index >= 15 is 0 Å². The fourth-order valence-corrected chi connectivity index (χ4v) is 2.63. The normalized spacial score (nSPS) is 42.0. The molecule has 2 rings (SSSR count). The van der Waals surface area contributed by atoms with Gasteiger partial charge in [0.25, 0.3) is 0 Å². The summed E-state index contributed by atoms with van der Waals surface area (Å²) < 4.78 is 0. The van der Waals surface area contributed by atoms with Crippen LogP contribution in [0.15, 0.2) is 23.8 Å². The molecule has 2 aliphatic carbocycles. The number of rotatable bonds is 0. The summed E-state index contributed by atoms with van der Waals surface area (Å²) >= 11 is 3.48. The lowest BCUT2D eigenvalue weighted by atomic mass is 9.94. The highest BCUT2D eigenvalue weighted by atomic mass is 79.9. The van der Waals surface area contributed by atoms with Gasteiger partial charge in [0.1, 0.15) is 0 Å². The number of hydrogen-bond acceptors (Lipinski definition) is 1. The van der Waals surface area contributed by atoms with Crippen LogP contribution in [-0.4, -0.2) is 16.0 Å². The van der Waals surface area contributed by atoms with Crippen LogP contribution in [0.25, 0.3) is 0 Å². The van der Waals surface area contributed by atoms with Crippen molar-refractivity contribution in [2.24, 2.45) is 5.92 Å². The molecule has 1 N–H and O–H groups in total. The second kappa shape index (κ2) is 2.76. The van der Waals surface area contributed by atoms with Crippen molar-refractivity contribution in [3.05, 3.63) is 23.8 Å². The van der Waals surface area contributed by atoms with Crippen molar-refractivity contribution >= 4 is 15.9 Å². The maximum absolute atomic E-state index is 9.64. The molecule has 0 aromatic heterocycles. The quantitative estimate of drug-likeness (QED) is 0.613. The van der Waals surface area contributed by atoms with Crippen molar-refractivity contribution in [1.82, 2.24) is 0 Å². The Morgan fingerprint density at radius 2 is 2.36 bits per heavy atom. The second-order valence-electron chi connectivity index (χ2n) is 3.22. The van der Waals surface area contributed by atoms with Gasteiger partial charge in [-0.1, -0.05) is 34.2 Å². The van der Waals surface area contributed by atoms with E-state index in [2.05, 4.69) is 28.1 Å². The van der Waals surface area contributed by atoms with E-state index in [0.29, 0.717) is 5.92 Å². The SMILES string of the molecule is OC1C2=CC=CCC2CC1Br. The third-order valence-electron chi connectivity index (χ3n) is 2.51. The highest BCUT2D eigenvalue weighted by Crippen LogP contribution is 2.39. The molecule has 3 atom stereocenters. The van der Waals surface area contributed by atoms with Gasteiger partial charge >= 0.3 is 0 Å². The monoisotopic (exact) mass is 214 g/mol. The van der Waals surface area contributed by atoms with Gasteiger partial charge in [-0.05, 0) is 24.3 Å². The molecule has 1 fully saturated rings. The first-order valence-corrected chi connectivity index (χ1v) is 4.89. The molecule has 1 nitrogen and oxygen atoms in total. The molecule has 1 saturated carbocycles. The second-order valence-corrected chi connectivity index (χ2v) is 4.40. The number of halogens is 1. The average Bonchev–Trinajstić information content (AvgIpc) is 2.30. The zero-order valence-electron chi connectivity index (χ0n) is 6.20. The summed E-state index contributed by atoms with van der Waals surface area (Å²) in [4.78, 5) is 0.277. The van der Waals surface area contributed by atoms with Crippen LogP contribution in [0.4, 0.5) is 0 Å². The van der Waals surface area contributed by atoms with Crippen LogP contribution < -0.4 is 0 Å². The van der Waals surface area contributed by atoms with Crippen molar-refractivity contribution in [2.75, 3.05) is 0 Å². The Labute approximate surface area is 74.9 Å². The van der Waals surface area contributed by atoms with E-state index < -0.39 is 0 Å². The summed E-state index contributed by atoms with van der Waals surface area (Å²) in [5.74, 6) is 0.597. The molecule has 0 aromatic carbocycles. The van der Waals surface area contributed by atoms with Crippen LogP contribution in [0.5, 0.6) is 0 Å². The smallest absolute Gasteiger partial charge is 0.0881 e. The molecule has 0 aliphatic heterocycles. The van der Waals surface area contributed by atoms with Gasteiger partial charge in [0.15, 0.2) is 0 Å². The number of fused-ring (bicyclic) bond motifs is 1. The lowest BCUT2D eigenvalue weighted by Gasteiger charge is -2.13. The highest BCUT2D eigenvalue weighted by Gasteiger charge is 2.35. The van der Waals surface area contributed by atoms with Gasteiger partial charge in [0.05, 0.1) is 6.10 Å².